The lowest BCUT2D eigenvalue weighted by Crippen LogP contribution is -2.39. The normalized spacial score (nSPS) is 17.2. The molecule has 11 heteroatoms. The quantitative estimate of drug-likeness (QED) is 0.301. The molecule has 1 aliphatic heterocycles. The Morgan fingerprint density at radius 1 is 1.28 bits per heavy atom. The Bertz CT molecular complexity index is 747. The monoisotopic (exact) mass is 544 g/mol. The van der Waals surface area contributed by atoms with Crippen molar-refractivity contribution in [1.82, 2.24) is 15.6 Å². The average Bonchev–Trinajstić information content (AvgIpc) is 3.40. The minimum atomic E-state index is -4.40. The molecule has 0 aliphatic carbocycles. The lowest BCUT2D eigenvalue weighted by atomic mass is 10.1. The van der Waals surface area contributed by atoms with Crippen molar-refractivity contribution in [3.63, 3.8) is 0 Å². The number of ether oxygens (including phenoxy) is 1. The summed E-state index contributed by atoms with van der Waals surface area (Å²) >= 11 is 1.02. The van der Waals surface area contributed by atoms with Gasteiger partial charge in [-0.25, -0.2) is 4.98 Å². The summed E-state index contributed by atoms with van der Waals surface area (Å²) in [5.74, 6) is 1.90. The predicted octanol–water partition coefficient (Wildman–Crippen LogP) is 3.73. The van der Waals surface area contributed by atoms with Crippen LogP contribution in [0.3, 0.4) is 0 Å². The Hall–Kier alpha value is -1.34. The van der Waals surface area contributed by atoms with Crippen LogP contribution in [0.1, 0.15) is 22.9 Å². The number of thiazole rings is 1. The van der Waals surface area contributed by atoms with E-state index < -0.39 is 11.9 Å². The van der Waals surface area contributed by atoms with Gasteiger partial charge >= 0.3 is 6.18 Å². The van der Waals surface area contributed by atoms with Crippen molar-refractivity contribution in [2.24, 2.45) is 10.9 Å². The minimum Gasteiger partial charge on any atom is -0.469 e. The van der Waals surface area contributed by atoms with E-state index in [1.165, 1.54) is 0 Å². The number of aliphatic imine (C=N–C) groups is 1. The lowest BCUT2D eigenvalue weighted by molar-refractivity contribution is -0.140. The van der Waals surface area contributed by atoms with Crippen molar-refractivity contribution in [3.8, 4) is 0 Å². The first-order chi connectivity index (χ1) is 13.5. The highest BCUT2D eigenvalue weighted by molar-refractivity contribution is 14.0. The summed E-state index contributed by atoms with van der Waals surface area (Å²) in [4.78, 5) is 8.23. The van der Waals surface area contributed by atoms with Crippen LogP contribution >= 0.6 is 35.3 Å². The average molecular weight is 544 g/mol. The topological polar surface area (TPSA) is 71.7 Å². The van der Waals surface area contributed by atoms with Crippen molar-refractivity contribution in [1.29, 1.82) is 0 Å². The summed E-state index contributed by atoms with van der Waals surface area (Å²) in [6.07, 6.45) is -0.673. The highest BCUT2D eigenvalue weighted by Gasteiger charge is 2.33. The van der Waals surface area contributed by atoms with E-state index in [1.54, 1.807) is 6.26 Å². The zero-order valence-electron chi connectivity index (χ0n) is 15.7. The van der Waals surface area contributed by atoms with Crippen molar-refractivity contribution < 1.29 is 22.3 Å². The summed E-state index contributed by atoms with van der Waals surface area (Å²) in [5, 5.41) is 7.90. The van der Waals surface area contributed by atoms with E-state index in [0.717, 1.165) is 35.5 Å². The molecule has 3 heterocycles. The molecule has 0 bridgehead atoms. The van der Waals surface area contributed by atoms with E-state index >= 15 is 0 Å². The number of alkyl halides is 3. The standard InChI is InChI=1S/C18H23F3N4O2S.HI/c19-18(20,21)15-12-28-16(25-15)4-7-23-17(24-10-13-5-9-26-11-13)22-6-3-14-2-1-8-27-14;/h1-2,8,12-13H,3-7,9-11H2,(H2,22,23,24);1H. The number of halogens is 4. The maximum atomic E-state index is 12.6. The van der Waals surface area contributed by atoms with Gasteiger partial charge in [-0.3, -0.25) is 4.99 Å². The third-order valence-electron chi connectivity index (χ3n) is 4.25. The maximum Gasteiger partial charge on any atom is 0.434 e. The number of aromatic nitrogens is 1. The predicted molar refractivity (Wildman–Crippen MR) is 116 cm³/mol. The van der Waals surface area contributed by atoms with Gasteiger partial charge in [-0.15, -0.1) is 35.3 Å². The van der Waals surface area contributed by atoms with E-state index in [4.69, 9.17) is 9.15 Å². The molecule has 0 aromatic carbocycles. The Balaban J connectivity index is 0.00000300. The van der Waals surface area contributed by atoms with Crippen molar-refractivity contribution in [3.05, 3.63) is 40.2 Å². The largest absolute Gasteiger partial charge is 0.469 e. The van der Waals surface area contributed by atoms with Crippen LogP contribution in [-0.2, 0) is 23.8 Å². The molecule has 1 fully saturated rings. The first-order valence-electron chi connectivity index (χ1n) is 9.14. The fourth-order valence-electron chi connectivity index (χ4n) is 2.72. The third-order valence-corrected chi connectivity index (χ3v) is 5.16. The van der Waals surface area contributed by atoms with E-state index in [0.29, 0.717) is 56.0 Å². The maximum absolute atomic E-state index is 12.6. The SMILES string of the molecule is FC(F)(F)c1csc(CCNC(=NCC2CCOC2)NCCc2ccco2)n1.I. The van der Waals surface area contributed by atoms with Crippen molar-refractivity contribution in [2.45, 2.75) is 25.4 Å². The Morgan fingerprint density at radius 3 is 2.69 bits per heavy atom. The number of guanidine groups is 1. The van der Waals surface area contributed by atoms with Gasteiger partial charge in [0.2, 0.25) is 0 Å². The lowest BCUT2D eigenvalue weighted by Gasteiger charge is -2.13. The number of nitrogens with zero attached hydrogens (tertiary/aromatic N) is 2. The zero-order chi connectivity index (χ0) is 19.8. The van der Waals surface area contributed by atoms with E-state index in [-0.39, 0.29) is 24.0 Å². The molecule has 1 unspecified atom stereocenters. The van der Waals surface area contributed by atoms with Gasteiger partial charge in [-0.05, 0) is 18.6 Å². The smallest absolute Gasteiger partial charge is 0.434 e. The van der Waals surface area contributed by atoms with Crippen LogP contribution < -0.4 is 10.6 Å². The van der Waals surface area contributed by atoms with Crippen LogP contribution in [0, 0.1) is 5.92 Å². The molecule has 0 saturated carbocycles. The molecule has 0 radical (unpaired) electrons. The summed E-state index contributed by atoms with van der Waals surface area (Å²) in [5.41, 5.74) is -0.834. The van der Waals surface area contributed by atoms with Crippen LogP contribution in [0.4, 0.5) is 13.2 Å². The van der Waals surface area contributed by atoms with Gasteiger partial charge in [0.05, 0.1) is 17.9 Å². The van der Waals surface area contributed by atoms with E-state index in [1.807, 2.05) is 12.1 Å². The second-order valence-electron chi connectivity index (χ2n) is 6.48. The number of furan rings is 1. The van der Waals surface area contributed by atoms with Crippen LogP contribution in [0.15, 0.2) is 33.2 Å². The molecule has 6 nitrogen and oxygen atoms in total. The summed E-state index contributed by atoms with van der Waals surface area (Å²) in [7, 11) is 0. The van der Waals surface area contributed by atoms with Crippen molar-refractivity contribution in [2.75, 3.05) is 32.8 Å². The Labute approximate surface area is 188 Å². The molecule has 1 saturated heterocycles. The van der Waals surface area contributed by atoms with Gasteiger partial charge in [0.25, 0.3) is 0 Å². The molecule has 3 rings (SSSR count). The number of hydrogen-bond donors (Lipinski definition) is 2. The molecule has 2 aromatic heterocycles. The number of rotatable bonds is 8. The van der Waals surface area contributed by atoms with Crippen LogP contribution in [0.25, 0.3) is 0 Å². The summed E-state index contributed by atoms with van der Waals surface area (Å²) in [6.45, 7) is 3.20. The van der Waals surface area contributed by atoms with Gasteiger partial charge in [0.1, 0.15) is 5.76 Å². The molecule has 1 atom stereocenters. The molecular weight excluding hydrogens is 520 g/mol. The Kier molecular flexibility index (Phi) is 9.69. The second-order valence-corrected chi connectivity index (χ2v) is 7.42. The van der Waals surface area contributed by atoms with Gasteiger partial charge in [-0.2, -0.15) is 13.2 Å². The molecule has 0 amide bonds. The van der Waals surface area contributed by atoms with Gasteiger partial charge < -0.3 is 19.8 Å². The van der Waals surface area contributed by atoms with Crippen LogP contribution in [0.2, 0.25) is 0 Å². The first-order valence-corrected chi connectivity index (χ1v) is 10.0. The highest BCUT2D eigenvalue weighted by Crippen LogP contribution is 2.30. The molecule has 1 aliphatic rings. The molecule has 29 heavy (non-hydrogen) atoms. The molecule has 2 N–H and O–H groups in total. The zero-order valence-corrected chi connectivity index (χ0v) is 18.9. The first kappa shape index (κ1) is 23.9. The number of hydrogen-bond acceptors (Lipinski definition) is 5. The number of nitrogens with one attached hydrogen (secondary N) is 2. The van der Waals surface area contributed by atoms with Gasteiger partial charge in [0, 0.05) is 50.4 Å². The molecular formula is C18H24F3IN4O2S. The van der Waals surface area contributed by atoms with Crippen molar-refractivity contribution >= 4 is 41.3 Å². The van der Waals surface area contributed by atoms with E-state index in [2.05, 4.69) is 20.6 Å². The fraction of sp³-hybridized carbons (Fsp3) is 0.556. The minimum absolute atomic E-state index is 0. The third kappa shape index (κ3) is 8.13. The summed E-state index contributed by atoms with van der Waals surface area (Å²) < 4.78 is 48.6. The van der Waals surface area contributed by atoms with Gasteiger partial charge in [-0.1, -0.05) is 0 Å². The Morgan fingerprint density at radius 2 is 2.07 bits per heavy atom. The molecule has 162 valence electrons. The molecule has 2 aromatic rings. The van der Waals surface area contributed by atoms with E-state index in [9.17, 15) is 13.2 Å². The fourth-order valence-corrected chi connectivity index (χ4v) is 3.53. The summed E-state index contributed by atoms with van der Waals surface area (Å²) in [6, 6.07) is 3.74. The van der Waals surface area contributed by atoms with Crippen LogP contribution in [-0.4, -0.2) is 43.8 Å². The second kappa shape index (κ2) is 11.7. The highest BCUT2D eigenvalue weighted by atomic mass is 127. The van der Waals surface area contributed by atoms with Gasteiger partial charge in [0.15, 0.2) is 11.7 Å². The van der Waals surface area contributed by atoms with Crippen LogP contribution in [0.5, 0.6) is 0 Å². The molecule has 0 spiro atoms.